The van der Waals surface area contributed by atoms with Crippen LogP contribution in [0, 0.1) is 13.8 Å². The van der Waals surface area contributed by atoms with Gasteiger partial charge in [-0.2, -0.15) is 0 Å². The molecule has 5 rings (SSSR count). The van der Waals surface area contributed by atoms with Gasteiger partial charge >= 0.3 is 0 Å². The van der Waals surface area contributed by atoms with Crippen molar-refractivity contribution in [1.29, 1.82) is 0 Å². The number of nitrogens with zero attached hydrogens (tertiary/aromatic N) is 2. The van der Waals surface area contributed by atoms with Gasteiger partial charge in [-0.05, 0) is 49.1 Å². The molecule has 0 atom stereocenters. The summed E-state index contributed by atoms with van der Waals surface area (Å²) in [5.41, 5.74) is 9.81. The van der Waals surface area contributed by atoms with Crippen molar-refractivity contribution >= 4 is 22.1 Å². The number of aryl methyl sites for hydroxylation is 3. The average Bonchev–Trinajstić information content (AvgIpc) is 3.12. The van der Waals surface area contributed by atoms with E-state index in [2.05, 4.69) is 106 Å². The number of rotatable bonds is 3. The van der Waals surface area contributed by atoms with Gasteiger partial charge in [0, 0.05) is 28.1 Å². The lowest BCUT2D eigenvalue weighted by Gasteiger charge is -2.07. The Balaban J connectivity index is 1.70. The van der Waals surface area contributed by atoms with Gasteiger partial charge in [0.2, 0.25) is 11.4 Å². The van der Waals surface area contributed by atoms with Crippen molar-refractivity contribution in [3.05, 3.63) is 83.7 Å². The Hall–Kier alpha value is -3.46. The number of furan rings is 1. The lowest BCUT2D eigenvalue weighted by atomic mass is 9.99. The lowest BCUT2D eigenvalue weighted by Crippen LogP contribution is -2.31. The van der Waals surface area contributed by atoms with E-state index in [0.717, 1.165) is 33.3 Å². The highest BCUT2D eigenvalue weighted by Crippen LogP contribution is 2.37. The molecular formula is C28H27N2O+. The molecule has 0 saturated heterocycles. The normalized spacial score (nSPS) is 11.7. The second-order valence-corrected chi connectivity index (χ2v) is 8.76. The highest BCUT2D eigenvalue weighted by molar-refractivity contribution is 6.08. The molecule has 3 heterocycles. The minimum absolute atomic E-state index is 0.366. The Kier molecular flexibility index (Phi) is 4.62. The number of pyridine rings is 2. The summed E-state index contributed by atoms with van der Waals surface area (Å²) in [4.78, 5) is 4.79. The molecule has 0 unspecified atom stereocenters. The molecule has 0 fully saturated rings. The van der Waals surface area contributed by atoms with Crippen molar-refractivity contribution in [3.8, 4) is 22.4 Å². The summed E-state index contributed by atoms with van der Waals surface area (Å²) in [6.07, 6.45) is 2.19. The van der Waals surface area contributed by atoms with Crippen LogP contribution in [-0.4, -0.2) is 4.98 Å². The summed E-state index contributed by atoms with van der Waals surface area (Å²) in [6, 6.07) is 21.6. The molecule has 0 saturated carbocycles. The fraction of sp³-hybridized carbons (Fsp3) is 0.214. The molecule has 0 radical (unpaired) electrons. The molecule has 0 aliphatic carbocycles. The van der Waals surface area contributed by atoms with Crippen molar-refractivity contribution < 1.29 is 8.98 Å². The molecule has 3 aromatic heterocycles. The predicted molar refractivity (Wildman–Crippen MR) is 127 cm³/mol. The monoisotopic (exact) mass is 407 g/mol. The molecule has 0 spiro atoms. The third-order valence-corrected chi connectivity index (χ3v) is 6.07. The van der Waals surface area contributed by atoms with E-state index in [1.807, 2.05) is 0 Å². The molecule has 154 valence electrons. The van der Waals surface area contributed by atoms with Crippen molar-refractivity contribution in [3.63, 3.8) is 0 Å². The van der Waals surface area contributed by atoms with Gasteiger partial charge in [0.05, 0.1) is 5.56 Å². The number of hydrogen-bond donors (Lipinski definition) is 0. The maximum atomic E-state index is 6.37. The van der Waals surface area contributed by atoms with E-state index in [-0.39, 0.29) is 0 Å². The summed E-state index contributed by atoms with van der Waals surface area (Å²) in [5, 5.41) is 2.18. The highest BCUT2D eigenvalue weighted by Gasteiger charge is 2.21. The quantitative estimate of drug-likeness (QED) is 0.305. The molecule has 3 nitrogen and oxygen atoms in total. The first kappa shape index (κ1) is 19.5. The zero-order valence-corrected chi connectivity index (χ0v) is 18.7. The first-order valence-electron chi connectivity index (χ1n) is 10.8. The van der Waals surface area contributed by atoms with Gasteiger partial charge in [-0.25, -0.2) is 9.55 Å². The third kappa shape index (κ3) is 3.31. The zero-order chi connectivity index (χ0) is 21.7. The van der Waals surface area contributed by atoms with Crippen LogP contribution in [0.25, 0.3) is 44.5 Å². The SMILES string of the molecule is Cc1cccc(-c2ccc(-c3c(C)ccc4c3oc3nc(C(C)C)ccc34)[n+](C)c2)c1. The largest absolute Gasteiger partial charge is 0.437 e. The van der Waals surface area contributed by atoms with Gasteiger partial charge in [0.1, 0.15) is 7.05 Å². The first-order valence-corrected chi connectivity index (χ1v) is 10.8. The minimum atomic E-state index is 0.366. The standard InChI is InChI=1S/C28H27N2O/c1-17(2)24-13-12-23-22-11-9-19(4)26(27(22)31-28(23)29-24)25-14-10-21(16-30(25)5)20-8-6-7-18(3)15-20/h6-17H,1-5H3/q+1. The first-order chi connectivity index (χ1) is 14.9. The number of aromatic nitrogens is 2. The van der Waals surface area contributed by atoms with Crippen molar-refractivity contribution in [2.75, 3.05) is 0 Å². The smallest absolute Gasteiger partial charge is 0.227 e. The van der Waals surface area contributed by atoms with E-state index in [9.17, 15) is 0 Å². The van der Waals surface area contributed by atoms with Crippen molar-refractivity contribution in [2.24, 2.45) is 7.05 Å². The average molecular weight is 408 g/mol. The fourth-order valence-electron chi connectivity index (χ4n) is 4.34. The van der Waals surface area contributed by atoms with Gasteiger partial charge in [-0.1, -0.05) is 55.8 Å². The van der Waals surface area contributed by atoms with Gasteiger partial charge in [0.25, 0.3) is 0 Å². The van der Waals surface area contributed by atoms with E-state index in [0.29, 0.717) is 11.6 Å². The van der Waals surface area contributed by atoms with Crippen LogP contribution in [0.4, 0.5) is 0 Å². The van der Waals surface area contributed by atoms with E-state index in [1.165, 1.54) is 22.3 Å². The number of benzene rings is 2. The molecule has 0 aliphatic heterocycles. The van der Waals surface area contributed by atoms with E-state index in [4.69, 9.17) is 9.40 Å². The van der Waals surface area contributed by atoms with Crippen LogP contribution in [0.5, 0.6) is 0 Å². The molecule has 0 bridgehead atoms. The molecule has 0 aliphatic rings. The molecule has 0 amide bonds. The van der Waals surface area contributed by atoms with Crippen LogP contribution in [0.3, 0.4) is 0 Å². The minimum Gasteiger partial charge on any atom is -0.437 e. The van der Waals surface area contributed by atoms with Crippen LogP contribution >= 0.6 is 0 Å². The van der Waals surface area contributed by atoms with Gasteiger partial charge < -0.3 is 4.42 Å². The maximum absolute atomic E-state index is 6.37. The molecule has 31 heavy (non-hydrogen) atoms. The Bertz CT molecular complexity index is 1440. The van der Waals surface area contributed by atoms with Crippen LogP contribution < -0.4 is 4.57 Å². The second kappa shape index (κ2) is 7.35. The summed E-state index contributed by atoms with van der Waals surface area (Å²) in [7, 11) is 2.10. The van der Waals surface area contributed by atoms with Crippen molar-refractivity contribution in [1.82, 2.24) is 4.98 Å². The number of hydrogen-bond acceptors (Lipinski definition) is 2. The summed E-state index contributed by atoms with van der Waals surface area (Å²) in [5.74, 6) is 0.366. The zero-order valence-electron chi connectivity index (χ0n) is 18.7. The summed E-state index contributed by atoms with van der Waals surface area (Å²) >= 11 is 0. The predicted octanol–water partition coefficient (Wildman–Crippen LogP) is 6.88. The van der Waals surface area contributed by atoms with E-state index in [1.54, 1.807) is 0 Å². The summed E-state index contributed by atoms with van der Waals surface area (Å²) in [6.45, 7) is 8.58. The maximum Gasteiger partial charge on any atom is 0.227 e. The molecule has 5 aromatic rings. The van der Waals surface area contributed by atoms with Crippen molar-refractivity contribution in [2.45, 2.75) is 33.6 Å². The second-order valence-electron chi connectivity index (χ2n) is 8.76. The number of fused-ring (bicyclic) bond motifs is 3. The van der Waals surface area contributed by atoms with Crippen LogP contribution in [0.1, 0.15) is 36.6 Å². The van der Waals surface area contributed by atoms with Gasteiger partial charge in [0.15, 0.2) is 11.8 Å². The topological polar surface area (TPSA) is 29.9 Å². The third-order valence-electron chi connectivity index (χ3n) is 6.07. The Morgan fingerprint density at radius 2 is 1.68 bits per heavy atom. The van der Waals surface area contributed by atoms with Crippen LogP contribution in [-0.2, 0) is 7.05 Å². The van der Waals surface area contributed by atoms with Gasteiger partial charge in [-0.15, -0.1) is 0 Å². The van der Waals surface area contributed by atoms with E-state index < -0.39 is 0 Å². The Labute approximate surface area is 183 Å². The highest BCUT2D eigenvalue weighted by atomic mass is 16.3. The summed E-state index contributed by atoms with van der Waals surface area (Å²) < 4.78 is 8.56. The lowest BCUT2D eigenvalue weighted by molar-refractivity contribution is -0.659. The molecular weight excluding hydrogens is 380 g/mol. The molecule has 2 aromatic carbocycles. The Morgan fingerprint density at radius 1 is 0.871 bits per heavy atom. The molecule has 3 heteroatoms. The fourth-order valence-corrected chi connectivity index (χ4v) is 4.34. The van der Waals surface area contributed by atoms with Crippen LogP contribution in [0.2, 0.25) is 0 Å². The van der Waals surface area contributed by atoms with Crippen LogP contribution in [0.15, 0.2) is 71.3 Å². The Morgan fingerprint density at radius 3 is 2.42 bits per heavy atom. The van der Waals surface area contributed by atoms with E-state index >= 15 is 0 Å². The van der Waals surface area contributed by atoms with Gasteiger partial charge in [-0.3, -0.25) is 0 Å². The molecule has 0 N–H and O–H groups in total.